The van der Waals surface area contributed by atoms with Gasteiger partial charge in [-0.1, -0.05) is 64.0 Å². The first-order valence-corrected chi connectivity index (χ1v) is 11.5. The van der Waals surface area contributed by atoms with Crippen molar-refractivity contribution in [2.75, 3.05) is 0 Å². The number of esters is 2. The molecule has 0 N–H and O–H groups in total. The number of hydrogen-bond donors (Lipinski definition) is 0. The molecule has 5 nitrogen and oxygen atoms in total. The summed E-state index contributed by atoms with van der Waals surface area (Å²) in [6.07, 6.45) is 4.54. The number of ether oxygens (including phenoxy) is 2. The van der Waals surface area contributed by atoms with E-state index in [1.54, 1.807) is 18.2 Å². The Labute approximate surface area is 207 Å². The molecule has 3 aromatic carbocycles. The number of hydrogen-bond acceptors (Lipinski definition) is 5. The predicted octanol–water partition coefficient (Wildman–Crippen LogP) is 6.48. The van der Waals surface area contributed by atoms with Gasteiger partial charge in [0.2, 0.25) is 5.90 Å². The molecule has 0 aromatic heterocycles. The van der Waals surface area contributed by atoms with Crippen molar-refractivity contribution >= 4 is 61.8 Å². The number of carbonyl (C=O) groups is 2. The van der Waals surface area contributed by atoms with E-state index in [2.05, 4.69) is 36.9 Å². The van der Waals surface area contributed by atoms with Crippen molar-refractivity contribution in [1.29, 1.82) is 0 Å². The number of benzene rings is 3. The number of nitrogens with zero attached hydrogens (tertiary/aromatic N) is 1. The van der Waals surface area contributed by atoms with Crippen molar-refractivity contribution in [2.45, 2.75) is 6.92 Å². The van der Waals surface area contributed by atoms with Gasteiger partial charge >= 0.3 is 11.9 Å². The van der Waals surface area contributed by atoms with E-state index < -0.39 is 11.9 Å². The minimum Gasteiger partial charge on any atom is -0.422 e. The average Bonchev–Trinajstić information content (AvgIpc) is 3.16. The lowest BCUT2D eigenvalue weighted by molar-refractivity contribution is -0.130. The van der Waals surface area contributed by atoms with Crippen molar-refractivity contribution in [3.63, 3.8) is 0 Å². The van der Waals surface area contributed by atoms with Crippen LogP contribution < -0.4 is 4.74 Å². The lowest BCUT2D eigenvalue weighted by Gasteiger charge is -2.09. The van der Waals surface area contributed by atoms with Crippen molar-refractivity contribution < 1.29 is 19.1 Å². The molecule has 0 aliphatic carbocycles. The predicted molar refractivity (Wildman–Crippen MR) is 135 cm³/mol. The molecule has 3 aromatic rings. The van der Waals surface area contributed by atoms with E-state index in [0.717, 1.165) is 15.6 Å². The van der Waals surface area contributed by atoms with Gasteiger partial charge in [0.1, 0.15) is 0 Å². The lowest BCUT2D eigenvalue weighted by Crippen LogP contribution is -2.06. The van der Waals surface area contributed by atoms with Crippen LogP contribution in [-0.2, 0) is 14.3 Å². The Morgan fingerprint density at radius 3 is 2.48 bits per heavy atom. The van der Waals surface area contributed by atoms with Gasteiger partial charge < -0.3 is 9.47 Å². The van der Waals surface area contributed by atoms with Crippen LogP contribution in [0.2, 0.25) is 0 Å². The summed E-state index contributed by atoms with van der Waals surface area (Å²) in [5.74, 6) is -0.646. The smallest absolute Gasteiger partial charge is 0.363 e. The number of carbonyl (C=O) groups excluding carboxylic acids is 2. The molecule has 1 aliphatic heterocycles. The highest BCUT2D eigenvalue weighted by atomic mass is 79.9. The van der Waals surface area contributed by atoms with Crippen LogP contribution in [0.1, 0.15) is 22.3 Å². The van der Waals surface area contributed by atoms with Gasteiger partial charge in [0, 0.05) is 21.7 Å². The first kappa shape index (κ1) is 22.9. The van der Waals surface area contributed by atoms with E-state index >= 15 is 0 Å². The van der Waals surface area contributed by atoms with Gasteiger partial charge in [-0.05, 0) is 64.8 Å². The highest BCUT2D eigenvalue weighted by molar-refractivity contribution is 9.11. The third kappa shape index (κ3) is 5.74. The molecule has 0 bridgehead atoms. The van der Waals surface area contributed by atoms with Crippen LogP contribution in [0.15, 0.2) is 92.4 Å². The van der Waals surface area contributed by atoms with E-state index in [0.29, 0.717) is 15.6 Å². The third-order valence-corrected chi connectivity index (χ3v) is 5.71. The lowest BCUT2D eigenvalue weighted by atomic mass is 10.1. The van der Waals surface area contributed by atoms with E-state index in [4.69, 9.17) is 9.47 Å². The van der Waals surface area contributed by atoms with Gasteiger partial charge in [0.05, 0.1) is 4.47 Å². The Balaban J connectivity index is 1.63. The number of aryl methyl sites for hydroxylation is 1. The minimum absolute atomic E-state index is 0.104. The van der Waals surface area contributed by atoms with Crippen molar-refractivity contribution in [3.05, 3.63) is 110 Å². The molecule has 1 aliphatic rings. The average molecular weight is 567 g/mol. The molecule has 0 saturated heterocycles. The molecule has 7 heteroatoms. The summed E-state index contributed by atoms with van der Waals surface area (Å²) in [5.41, 5.74) is 3.25. The summed E-state index contributed by atoms with van der Waals surface area (Å²) in [5, 5.41) is 0. The number of halogens is 2. The van der Waals surface area contributed by atoms with Crippen LogP contribution in [0.25, 0.3) is 12.2 Å². The maximum absolute atomic E-state index is 12.5. The molecule has 0 radical (unpaired) electrons. The number of rotatable bonds is 5. The van der Waals surface area contributed by atoms with Gasteiger partial charge in [-0.15, -0.1) is 0 Å². The van der Waals surface area contributed by atoms with Crippen molar-refractivity contribution in [3.8, 4) is 5.75 Å². The summed E-state index contributed by atoms with van der Waals surface area (Å²) in [4.78, 5) is 29.2. The van der Waals surface area contributed by atoms with E-state index in [1.165, 1.54) is 12.2 Å². The summed E-state index contributed by atoms with van der Waals surface area (Å²) in [6, 6.07) is 20.4. The molecule has 0 saturated carbocycles. The molecule has 33 heavy (non-hydrogen) atoms. The molecule has 0 atom stereocenters. The fourth-order valence-electron chi connectivity index (χ4n) is 3.03. The highest BCUT2D eigenvalue weighted by Gasteiger charge is 2.25. The second-order valence-corrected chi connectivity index (χ2v) is 8.94. The summed E-state index contributed by atoms with van der Waals surface area (Å²) < 4.78 is 12.2. The topological polar surface area (TPSA) is 65.0 Å². The Morgan fingerprint density at radius 1 is 1.03 bits per heavy atom. The Hall–Kier alpha value is -3.29. The van der Waals surface area contributed by atoms with Crippen molar-refractivity contribution in [2.24, 2.45) is 4.99 Å². The molecule has 0 unspecified atom stereocenters. The van der Waals surface area contributed by atoms with Crippen LogP contribution in [0.4, 0.5) is 0 Å². The zero-order chi connectivity index (χ0) is 23.4. The zero-order valence-corrected chi connectivity index (χ0v) is 20.6. The van der Waals surface area contributed by atoms with Crippen molar-refractivity contribution in [1.82, 2.24) is 0 Å². The molecule has 0 fully saturated rings. The Morgan fingerprint density at radius 2 is 1.76 bits per heavy atom. The summed E-state index contributed by atoms with van der Waals surface area (Å²) in [6.45, 7) is 1.97. The van der Waals surface area contributed by atoms with Crippen LogP contribution in [0.3, 0.4) is 0 Å². The van der Waals surface area contributed by atoms with E-state index in [1.807, 2.05) is 61.5 Å². The second-order valence-electron chi connectivity index (χ2n) is 7.17. The monoisotopic (exact) mass is 565 g/mol. The first-order chi connectivity index (χ1) is 15.9. The number of aliphatic imine (C=N–C) groups is 1. The Kier molecular flexibility index (Phi) is 7.01. The second kappa shape index (κ2) is 10.1. The molecule has 0 amide bonds. The third-order valence-electron chi connectivity index (χ3n) is 4.66. The summed E-state index contributed by atoms with van der Waals surface area (Å²) in [7, 11) is 0. The van der Waals surface area contributed by atoms with Gasteiger partial charge in [-0.3, -0.25) is 0 Å². The van der Waals surface area contributed by atoms with Crippen LogP contribution >= 0.6 is 31.9 Å². The van der Waals surface area contributed by atoms with Gasteiger partial charge in [0.25, 0.3) is 0 Å². The minimum atomic E-state index is -0.581. The quantitative estimate of drug-likeness (QED) is 0.201. The largest absolute Gasteiger partial charge is 0.422 e. The van der Waals surface area contributed by atoms with Gasteiger partial charge in [0.15, 0.2) is 11.4 Å². The fourth-order valence-corrected chi connectivity index (χ4v) is 4.37. The fraction of sp³-hybridized carbons (Fsp3) is 0.0385. The molecule has 4 rings (SSSR count). The van der Waals surface area contributed by atoms with Crippen LogP contribution in [0.5, 0.6) is 5.75 Å². The zero-order valence-electron chi connectivity index (χ0n) is 17.4. The maximum atomic E-state index is 12.5. The van der Waals surface area contributed by atoms with Crippen LogP contribution in [0, 0.1) is 6.92 Å². The highest BCUT2D eigenvalue weighted by Crippen LogP contribution is 2.35. The molecule has 1 heterocycles. The van der Waals surface area contributed by atoms with Crippen LogP contribution in [-0.4, -0.2) is 17.8 Å². The molecular weight excluding hydrogens is 550 g/mol. The maximum Gasteiger partial charge on any atom is 0.363 e. The summed E-state index contributed by atoms with van der Waals surface area (Å²) >= 11 is 6.86. The SMILES string of the molecule is Cc1ccc(C2=N/C(=C\c3cc(Br)cc(Br)c3OC(=O)/C=C/c3ccccc3)C(=O)O2)cc1. The molecule has 0 spiro atoms. The molecular formula is C26H17Br2NO4. The normalized spacial score (nSPS) is 14.5. The standard InChI is InChI=1S/C26H17Br2NO4/c1-16-7-10-18(11-8-16)25-29-22(26(31)33-25)14-19-13-20(27)15-21(28)24(19)32-23(30)12-9-17-5-3-2-4-6-17/h2-15H,1H3/b12-9+,22-14-. The first-order valence-electron chi connectivity index (χ1n) is 9.92. The Bertz CT molecular complexity index is 1310. The van der Waals surface area contributed by atoms with E-state index in [-0.39, 0.29) is 17.3 Å². The van der Waals surface area contributed by atoms with Gasteiger partial charge in [-0.25, -0.2) is 14.6 Å². The molecule has 164 valence electrons. The van der Waals surface area contributed by atoms with Gasteiger partial charge in [-0.2, -0.15) is 0 Å². The number of cyclic esters (lactones) is 1. The van der Waals surface area contributed by atoms with E-state index in [9.17, 15) is 9.59 Å².